The fraction of sp³-hybridized carbons (Fsp3) is 0.556. The second-order valence-corrected chi connectivity index (χ2v) is 11.2. The first-order chi connectivity index (χ1) is 17.0. The summed E-state index contributed by atoms with van der Waals surface area (Å²) < 4.78 is 15.6. The maximum absolute atomic E-state index is 15.6. The van der Waals surface area contributed by atoms with Gasteiger partial charge < -0.3 is 15.2 Å². The van der Waals surface area contributed by atoms with Crippen LogP contribution in [-0.2, 0) is 9.59 Å². The topological polar surface area (TPSA) is 76.7 Å². The molecule has 0 radical (unpaired) electrons. The van der Waals surface area contributed by atoms with Crippen molar-refractivity contribution in [2.24, 2.45) is 11.8 Å². The number of rotatable bonds is 5. The molecule has 5 fully saturated rings. The lowest BCUT2D eigenvalue weighted by Crippen LogP contribution is -2.37. The zero-order valence-corrected chi connectivity index (χ0v) is 19.9. The first-order valence-electron chi connectivity index (χ1n) is 13.1. The Labute approximate surface area is 204 Å². The number of hydrogen-bond donors (Lipinski definition) is 3. The Morgan fingerprint density at radius 1 is 1.20 bits per heavy atom. The standard InChI is InChI=1S/C27H32FN5O2/c28-22-12-19(18-4-6-23-20(11-18)13-29-31-23)3-5-21(22)24-30-27(8-9-27)26(35)33(24)15-16-7-10-32(14-16)25(34)17-1-2-17/h3,5-6,11-12,16-18,24,29-31H,1-2,4,7-10,13-15H2/t16-,18?,24?/m1/s1. The molecule has 184 valence electrons. The molecule has 35 heavy (non-hydrogen) atoms. The number of nitrogens with zero attached hydrogens (tertiary/aromatic N) is 2. The number of benzene rings is 1. The zero-order chi connectivity index (χ0) is 23.7. The molecular weight excluding hydrogens is 445 g/mol. The maximum Gasteiger partial charge on any atom is 0.244 e. The van der Waals surface area contributed by atoms with Gasteiger partial charge in [0.1, 0.15) is 17.5 Å². The number of carbonyl (C=O) groups is 2. The molecular formula is C27H32FN5O2. The van der Waals surface area contributed by atoms with E-state index in [2.05, 4.69) is 28.3 Å². The summed E-state index contributed by atoms with van der Waals surface area (Å²) in [7, 11) is 0. The van der Waals surface area contributed by atoms with Crippen molar-refractivity contribution in [1.29, 1.82) is 0 Å². The van der Waals surface area contributed by atoms with E-state index >= 15 is 4.39 Å². The van der Waals surface area contributed by atoms with Gasteiger partial charge in [0.15, 0.2) is 0 Å². The highest BCUT2D eigenvalue weighted by Gasteiger charge is 2.60. The van der Waals surface area contributed by atoms with E-state index in [4.69, 9.17) is 0 Å². The summed E-state index contributed by atoms with van der Waals surface area (Å²) in [6.07, 6.45) is 9.30. The first-order valence-corrected chi connectivity index (χ1v) is 13.1. The third-order valence-corrected chi connectivity index (χ3v) is 8.70. The molecule has 2 unspecified atom stereocenters. The van der Waals surface area contributed by atoms with Gasteiger partial charge in [-0.25, -0.2) is 9.82 Å². The molecule has 8 heteroatoms. The number of allylic oxidation sites excluding steroid dienone is 2. The average Bonchev–Trinajstić information content (AvgIpc) is 3.74. The second-order valence-electron chi connectivity index (χ2n) is 11.2. The van der Waals surface area contributed by atoms with Crippen LogP contribution in [0.15, 0.2) is 41.6 Å². The van der Waals surface area contributed by atoms with Gasteiger partial charge in [0, 0.05) is 49.3 Å². The molecule has 1 aromatic rings. The van der Waals surface area contributed by atoms with Crippen LogP contribution in [0.25, 0.3) is 0 Å². The number of hydrogen-bond acceptors (Lipinski definition) is 5. The van der Waals surface area contributed by atoms with Crippen molar-refractivity contribution in [1.82, 2.24) is 26.0 Å². The fourth-order valence-electron chi connectivity index (χ4n) is 6.28. The van der Waals surface area contributed by atoms with Gasteiger partial charge in [0.2, 0.25) is 11.8 Å². The predicted molar refractivity (Wildman–Crippen MR) is 128 cm³/mol. The van der Waals surface area contributed by atoms with E-state index in [1.807, 2.05) is 21.9 Å². The van der Waals surface area contributed by atoms with E-state index in [1.54, 1.807) is 6.07 Å². The number of hydrazine groups is 1. The van der Waals surface area contributed by atoms with Crippen LogP contribution in [0.5, 0.6) is 0 Å². The monoisotopic (exact) mass is 477 g/mol. The summed E-state index contributed by atoms with van der Waals surface area (Å²) in [5, 5.41) is 3.48. The van der Waals surface area contributed by atoms with Crippen LogP contribution in [0.1, 0.15) is 61.7 Å². The van der Waals surface area contributed by atoms with Crippen LogP contribution in [0.2, 0.25) is 0 Å². The van der Waals surface area contributed by atoms with E-state index in [1.165, 1.54) is 5.57 Å². The third-order valence-electron chi connectivity index (χ3n) is 8.70. The Hall–Kier alpha value is -2.71. The Morgan fingerprint density at radius 3 is 2.83 bits per heavy atom. The van der Waals surface area contributed by atoms with Crippen LogP contribution < -0.4 is 16.2 Å². The predicted octanol–water partition coefficient (Wildman–Crippen LogP) is 2.45. The fourth-order valence-corrected chi connectivity index (χ4v) is 6.28. The third kappa shape index (κ3) is 3.69. The van der Waals surface area contributed by atoms with Crippen molar-refractivity contribution in [3.05, 3.63) is 58.6 Å². The number of halogens is 1. The van der Waals surface area contributed by atoms with Crippen LogP contribution >= 0.6 is 0 Å². The number of amides is 2. The summed E-state index contributed by atoms with van der Waals surface area (Å²) in [4.78, 5) is 29.7. The molecule has 3 aliphatic carbocycles. The summed E-state index contributed by atoms with van der Waals surface area (Å²) in [6.45, 7) is 2.82. The average molecular weight is 478 g/mol. The van der Waals surface area contributed by atoms with Crippen molar-refractivity contribution in [3.63, 3.8) is 0 Å². The molecule has 0 aromatic heterocycles. The van der Waals surface area contributed by atoms with Crippen LogP contribution in [0.4, 0.5) is 4.39 Å². The van der Waals surface area contributed by atoms with Gasteiger partial charge in [-0.2, -0.15) is 0 Å². The molecule has 2 saturated carbocycles. The van der Waals surface area contributed by atoms with Crippen LogP contribution in [0, 0.1) is 17.7 Å². The SMILES string of the molecule is O=C(C1CC1)N1CC[C@@H](CN2C(=O)C3(CC3)NC2c2ccc(C3C=C4CNNC4=CC3)cc2F)C1. The molecule has 6 aliphatic rings. The minimum absolute atomic E-state index is 0.0915. The molecule has 1 aromatic carbocycles. The van der Waals surface area contributed by atoms with Gasteiger partial charge in [0.25, 0.3) is 0 Å². The lowest BCUT2D eigenvalue weighted by molar-refractivity contribution is -0.131. The maximum atomic E-state index is 15.6. The number of carbonyl (C=O) groups excluding carboxylic acids is 2. The van der Waals surface area contributed by atoms with E-state index in [0.29, 0.717) is 18.7 Å². The molecule has 2 amide bonds. The highest BCUT2D eigenvalue weighted by molar-refractivity contribution is 5.92. The quantitative estimate of drug-likeness (QED) is 0.608. The van der Waals surface area contributed by atoms with Crippen molar-refractivity contribution in [2.45, 2.75) is 56.1 Å². The number of fused-ring (bicyclic) bond motifs is 1. The molecule has 3 N–H and O–H groups in total. The Morgan fingerprint density at radius 2 is 2.06 bits per heavy atom. The molecule has 1 spiro atoms. The van der Waals surface area contributed by atoms with E-state index in [9.17, 15) is 9.59 Å². The second kappa shape index (κ2) is 7.90. The largest absolute Gasteiger partial charge is 0.342 e. The van der Waals surface area contributed by atoms with Gasteiger partial charge in [-0.15, -0.1) is 0 Å². The Balaban J connectivity index is 1.10. The van der Waals surface area contributed by atoms with Crippen molar-refractivity contribution in [2.75, 3.05) is 26.2 Å². The number of likely N-dealkylation sites (tertiary alicyclic amines) is 1. The molecule has 3 aliphatic heterocycles. The summed E-state index contributed by atoms with van der Waals surface area (Å²) in [5.41, 5.74) is 9.63. The summed E-state index contributed by atoms with van der Waals surface area (Å²) >= 11 is 0. The lowest BCUT2D eigenvalue weighted by Gasteiger charge is -2.28. The normalized spacial score (nSPS) is 30.9. The highest BCUT2D eigenvalue weighted by Crippen LogP contribution is 2.47. The van der Waals surface area contributed by atoms with Gasteiger partial charge in [0.05, 0.1) is 0 Å². The summed E-state index contributed by atoms with van der Waals surface area (Å²) in [6, 6.07) is 5.53. The Bertz CT molecular complexity index is 1150. The first kappa shape index (κ1) is 21.6. The van der Waals surface area contributed by atoms with Crippen molar-refractivity contribution < 1.29 is 14.0 Å². The van der Waals surface area contributed by atoms with Crippen molar-refractivity contribution in [3.8, 4) is 0 Å². The van der Waals surface area contributed by atoms with Gasteiger partial charge in [-0.1, -0.05) is 24.3 Å². The van der Waals surface area contributed by atoms with Gasteiger partial charge in [-0.05, 0) is 61.6 Å². The minimum atomic E-state index is -0.518. The van der Waals surface area contributed by atoms with Gasteiger partial charge in [-0.3, -0.25) is 14.9 Å². The molecule has 3 heterocycles. The highest BCUT2D eigenvalue weighted by atomic mass is 19.1. The van der Waals surface area contributed by atoms with E-state index < -0.39 is 11.7 Å². The molecule has 3 atom stereocenters. The minimum Gasteiger partial charge on any atom is -0.342 e. The Kier molecular flexibility index (Phi) is 4.87. The molecule has 7 nitrogen and oxygen atoms in total. The zero-order valence-electron chi connectivity index (χ0n) is 19.9. The molecule has 0 bridgehead atoms. The lowest BCUT2D eigenvalue weighted by atomic mass is 9.88. The van der Waals surface area contributed by atoms with Crippen LogP contribution in [-0.4, -0.2) is 53.3 Å². The van der Waals surface area contributed by atoms with Crippen LogP contribution in [0.3, 0.4) is 0 Å². The smallest absolute Gasteiger partial charge is 0.244 e. The number of nitrogens with one attached hydrogen (secondary N) is 3. The van der Waals surface area contributed by atoms with E-state index in [-0.39, 0.29) is 35.4 Å². The van der Waals surface area contributed by atoms with Crippen molar-refractivity contribution >= 4 is 11.8 Å². The molecule has 3 saturated heterocycles. The molecule has 7 rings (SSSR count). The van der Waals surface area contributed by atoms with Gasteiger partial charge >= 0.3 is 0 Å². The summed E-state index contributed by atoms with van der Waals surface area (Å²) in [5.74, 6) is 0.723. The van der Waals surface area contributed by atoms with E-state index in [0.717, 1.165) is 62.9 Å².